The SMILES string of the molecule is CC(C)CNC(=O)C(Cc1ccccc1)N(Cc1ccccc1F)C(=O)CN(c1ccccc1Cl)S(C)(=O)=O. The van der Waals surface area contributed by atoms with Crippen LogP contribution in [0.2, 0.25) is 5.02 Å². The highest BCUT2D eigenvalue weighted by Crippen LogP contribution is 2.28. The van der Waals surface area contributed by atoms with Crippen LogP contribution >= 0.6 is 11.6 Å². The highest BCUT2D eigenvalue weighted by molar-refractivity contribution is 7.92. The van der Waals surface area contributed by atoms with Crippen LogP contribution in [-0.2, 0) is 32.6 Å². The standard InChI is InChI=1S/C29H33ClFN3O4S/c1-21(2)18-32-29(36)27(17-22-11-5-4-6-12-22)33(19-23-13-7-9-15-25(23)31)28(35)20-34(39(3,37)38)26-16-10-8-14-24(26)30/h4-16,21,27H,17-20H2,1-3H3,(H,32,36). The van der Waals surface area contributed by atoms with Gasteiger partial charge in [0.2, 0.25) is 21.8 Å². The summed E-state index contributed by atoms with van der Waals surface area (Å²) in [6, 6.07) is 20.4. The minimum atomic E-state index is -3.95. The maximum Gasteiger partial charge on any atom is 0.244 e. The molecule has 0 radical (unpaired) electrons. The second-order valence-corrected chi connectivity index (χ2v) is 12.0. The molecule has 208 valence electrons. The third-order valence-electron chi connectivity index (χ3n) is 6.05. The Kier molecular flexibility index (Phi) is 10.5. The van der Waals surface area contributed by atoms with E-state index in [1.165, 1.54) is 35.2 Å². The first-order valence-corrected chi connectivity index (χ1v) is 14.8. The molecule has 10 heteroatoms. The summed E-state index contributed by atoms with van der Waals surface area (Å²) in [5.74, 6) is -1.48. The van der Waals surface area contributed by atoms with Crippen LogP contribution < -0.4 is 9.62 Å². The van der Waals surface area contributed by atoms with Crippen molar-refractivity contribution in [2.45, 2.75) is 32.9 Å². The molecule has 3 aromatic carbocycles. The van der Waals surface area contributed by atoms with E-state index in [9.17, 15) is 22.4 Å². The molecule has 1 atom stereocenters. The van der Waals surface area contributed by atoms with Crippen molar-refractivity contribution in [1.29, 1.82) is 0 Å². The summed E-state index contributed by atoms with van der Waals surface area (Å²) < 4.78 is 41.2. The fourth-order valence-corrected chi connectivity index (χ4v) is 5.18. The molecular formula is C29H33ClFN3O4S. The van der Waals surface area contributed by atoms with Crippen molar-refractivity contribution in [1.82, 2.24) is 10.2 Å². The Balaban J connectivity index is 2.06. The highest BCUT2D eigenvalue weighted by Gasteiger charge is 2.33. The zero-order valence-electron chi connectivity index (χ0n) is 22.2. The summed E-state index contributed by atoms with van der Waals surface area (Å²) in [6.45, 7) is 3.41. The second kappa shape index (κ2) is 13.6. The lowest BCUT2D eigenvalue weighted by atomic mass is 10.0. The number of amides is 2. The molecule has 2 amide bonds. The normalized spacial score (nSPS) is 12.2. The van der Waals surface area contributed by atoms with Gasteiger partial charge >= 0.3 is 0 Å². The van der Waals surface area contributed by atoms with Crippen LogP contribution in [0.15, 0.2) is 78.9 Å². The summed E-state index contributed by atoms with van der Waals surface area (Å²) in [7, 11) is -3.95. The van der Waals surface area contributed by atoms with E-state index in [4.69, 9.17) is 11.6 Å². The largest absolute Gasteiger partial charge is 0.354 e. The van der Waals surface area contributed by atoms with Crippen LogP contribution in [0.3, 0.4) is 0 Å². The Bertz CT molecular complexity index is 1390. The number of halogens is 2. The quantitative estimate of drug-likeness (QED) is 0.341. The lowest BCUT2D eigenvalue weighted by molar-refractivity contribution is -0.140. The first-order valence-electron chi connectivity index (χ1n) is 12.5. The van der Waals surface area contributed by atoms with E-state index in [2.05, 4.69) is 5.32 Å². The molecule has 0 fully saturated rings. The number of hydrogen-bond acceptors (Lipinski definition) is 4. The number of benzene rings is 3. The number of para-hydroxylation sites is 1. The first kappa shape index (κ1) is 30.1. The number of nitrogens with one attached hydrogen (secondary N) is 1. The molecule has 0 heterocycles. The van der Waals surface area contributed by atoms with E-state index in [-0.39, 0.29) is 35.2 Å². The average molecular weight is 574 g/mol. The minimum absolute atomic E-state index is 0.129. The molecule has 3 aromatic rings. The molecule has 0 aromatic heterocycles. The zero-order chi connectivity index (χ0) is 28.6. The molecule has 0 spiro atoms. The Labute approximate surface area is 234 Å². The van der Waals surface area contributed by atoms with Crippen molar-refractivity contribution in [3.63, 3.8) is 0 Å². The topological polar surface area (TPSA) is 86.8 Å². The maximum atomic E-state index is 14.8. The van der Waals surface area contributed by atoms with Crippen molar-refractivity contribution in [3.05, 3.63) is 101 Å². The van der Waals surface area contributed by atoms with Gasteiger partial charge in [0.25, 0.3) is 0 Å². The number of hydrogen-bond donors (Lipinski definition) is 1. The first-order chi connectivity index (χ1) is 18.5. The number of sulfonamides is 1. The monoisotopic (exact) mass is 573 g/mol. The van der Waals surface area contributed by atoms with Gasteiger partial charge in [0.1, 0.15) is 18.4 Å². The number of anilines is 1. The molecule has 0 saturated heterocycles. The molecule has 39 heavy (non-hydrogen) atoms. The molecule has 0 aliphatic rings. The molecule has 0 saturated carbocycles. The van der Waals surface area contributed by atoms with Gasteiger partial charge in [-0.25, -0.2) is 12.8 Å². The maximum absolute atomic E-state index is 14.8. The van der Waals surface area contributed by atoms with Crippen LogP contribution in [0.1, 0.15) is 25.0 Å². The summed E-state index contributed by atoms with van der Waals surface area (Å²) in [6.07, 6.45) is 1.12. The van der Waals surface area contributed by atoms with Crippen LogP contribution in [0.25, 0.3) is 0 Å². The van der Waals surface area contributed by atoms with E-state index in [0.29, 0.717) is 6.54 Å². The number of carbonyl (C=O) groups is 2. The summed E-state index contributed by atoms with van der Waals surface area (Å²) >= 11 is 6.29. The van der Waals surface area contributed by atoms with E-state index in [0.717, 1.165) is 16.1 Å². The van der Waals surface area contributed by atoms with E-state index in [1.54, 1.807) is 18.2 Å². The zero-order valence-corrected chi connectivity index (χ0v) is 23.8. The molecule has 7 nitrogen and oxygen atoms in total. The minimum Gasteiger partial charge on any atom is -0.354 e. The predicted octanol–water partition coefficient (Wildman–Crippen LogP) is 4.66. The van der Waals surface area contributed by atoms with Crippen molar-refractivity contribution >= 4 is 39.1 Å². The van der Waals surface area contributed by atoms with Gasteiger partial charge in [-0.3, -0.25) is 13.9 Å². The average Bonchev–Trinajstić information content (AvgIpc) is 2.89. The number of nitrogens with zero attached hydrogens (tertiary/aromatic N) is 2. The van der Waals surface area contributed by atoms with E-state index < -0.39 is 40.2 Å². The third kappa shape index (κ3) is 8.53. The molecule has 1 N–H and O–H groups in total. The second-order valence-electron chi connectivity index (χ2n) is 9.68. The van der Waals surface area contributed by atoms with Gasteiger partial charge < -0.3 is 10.2 Å². The lowest BCUT2D eigenvalue weighted by Crippen LogP contribution is -2.53. The molecule has 0 aliphatic heterocycles. The van der Waals surface area contributed by atoms with E-state index >= 15 is 0 Å². The third-order valence-corrected chi connectivity index (χ3v) is 7.50. The van der Waals surface area contributed by atoms with Crippen LogP contribution in [0, 0.1) is 11.7 Å². The number of rotatable bonds is 12. The van der Waals surface area contributed by atoms with Crippen molar-refractivity contribution in [2.24, 2.45) is 5.92 Å². The Morgan fingerprint density at radius 3 is 2.18 bits per heavy atom. The summed E-state index contributed by atoms with van der Waals surface area (Å²) in [5.41, 5.74) is 1.12. The van der Waals surface area contributed by atoms with Gasteiger partial charge in [0, 0.05) is 25.1 Å². The summed E-state index contributed by atoms with van der Waals surface area (Å²) in [5, 5.41) is 3.03. The van der Waals surface area contributed by atoms with Gasteiger partial charge in [-0.05, 0) is 29.7 Å². The summed E-state index contributed by atoms with van der Waals surface area (Å²) in [4.78, 5) is 28.7. The number of carbonyl (C=O) groups excluding carboxylic acids is 2. The fraction of sp³-hybridized carbons (Fsp3) is 0.310. The van der Waals surface area contributed by atoms with Crippen LogP contribution in [0.5, 0.6) is 0 Å². The highest BCUT2D eigenvalue weighted by atomic mass is 35.5. The van der Waals surface area contributed by atoms with Gasteiger partial charge in [0.15, 0.2) is 0 Å². The molecule has 0 bridgehead atoms. The van der Waals surface area contributed by atoms with Crippen molar-refractivity contribution in [2.75, 3.05) is 23.7 Å². The van der Waals surface area contributed by atoms with Gasteiger partial charge in [-0.15, -0.1) is 0 Å². The molecule has 0 aliphatic carbocycles. The lowest BCUT2D eigenvalue weighted by Gasteiger charge is -2.33. The smallest absolute Gasteiger partial charge is 0.244 e. The molecule has 1 unspecified atom stereocenters. The Morgan fingerprint density at radius 2 is 1.56 bits per heavy atom. The Hall–Kier alpha value is -3.43. The van der Waals surface area contributed by atoms with Gasteiger partial charge in [-0.1, -0.05) is 86.1 Å². The van der Waals surface area contributed by atoms with Crippen molar-refractivity contribution < 1.29 is 22.4 Å². The van der Waals surface area contributed by atoms with Crippen molar-refractivity contribution in [3.8, 4) is 0 Å². The van der Waals surface area contributed by atoms with Gasteiger partial charge in [0.05, 0.1) is 17.0 Å². The van der Waals surface area contributed by atoms with Crippen LogP contribution in [-0.4, -0.2) is 50.5 Å². The van der Waals surface area contributed by atoms with Gasteiger partial charge in [-0.2, -0.15) is 0 Å². The molecular weight excluding hydrogens is 541 g/mol. The predicted molar refractivity (Wildman–Crippen MR) is 152 cm³/mol. The molecule has 3 rings (SSSR count). The van der Waals surface area contributed by atoms with E-state index in [1.807, 2.05) is 44.2 Å². The van der Waals surface area contributed by atoms with Crippen LogP contribution in [0.4, 0.5) is 10.1 Å². The fourth-order valence-electron chi connectivity index (χ4n) is 4.04. The Morgan fingerprint density at radius 1 is 0.949 bits per heavy atom.